The van der Waals surface area contributed by atoms with Gasteiger partial charge in [-0.25, -0.2) is 0 Å². The van der Waals surface area contributed by atoms with Gasteiger partial charge in [-0.1, -0.05) is 45.0 Å². The number of Topliss-reactive ketones (excluding diaryl/α,β-unsaturated/α-hetero) is 1. The van der Waals surface area contributed by atoms with E-state index in [9.17, 15) is 9.59 Å². The second kappa shape index (κ2) is 9.09. The molecule has 0 bridgehead atoms. The highest BCUT2D eigenvalue weighted by atomic mass is 16.5. The van der Waals surface area contributed by atoms with Gasteiger partial charge in [-0.15, -0.1) is 0 Å². The predicted octanol–water partition coefficient (Wildman–Crippen LogP) is 6.33. The summed E-state index contributed by atoms with van der Waals surface area (Å²) in [5.74, 6) is 1.26. The first-order chi connectivity index (χ1) is 15.0. The lowest BCUT2D eigenvalue weighted by Gasteiger charge is -2.49. The molecule has 4 heteroatoms. The van der Waals surface area contributed by atoms with E-state index in [0.717, 1.165) is 36.1 Å². The number of aryl methyl sites for hydroxylation is 2. The number of benzene rings is 2. The molecule has 2 aromatic carbocycles. The van der Waals surface area contributed by atoms with Crippen molar-refractivity contribution < 1.29 is 19.1 Å². The van der Waals surface area contributed by atoms with Crippen LogP contribution in [0.25, 0.3) is 0 Å². The molecule has 3 rings (SSSR count). The maximum atomic E-state index is 12.0. The van der Waals surface area contributed by atoms with Gasteiger partial charge in [-0.2, -0.15) is 0 Å². The summed E-state index contributed by atoms with van der Waals surface area (Å²) in [5, 5.41) is 0. The van der Waals surface area contributed by atoms with Crippen LogP contribution in [-0.4, -0.2) is 18.9 Å². The molecule has 0 spiro atoms. The number of hydrogen-bond acceptors (Lipinski definition) is 4. The van der Waals surface area contributed by atoms with E-state index >= 15 is 0 Å². The summed E-state index contributed by atoms with van der Waals surface area (Å²) in [7, 11) is 1.71. The Kier molecular flexibility index (Phi) is 6.83. The van der Waals surface area contributed by atoms with Crippen molar-refractivity contribution in [3.8, 4) is 11.5 Å². The first-order valence-electron chi connectivity index (χ1n) is 11.4. The topological polar surface area (TPSA) is 52.6 Å². The van der Waals surface area contributed by atoms with Crippen molar-refractivity contribution in [1.82, 2.24) is 0 Å². The first-order valence-corrected chi connectivity index (χ1v) is 11.4. The van der Waals surface area contributed by atoms with Crippen molar-refractivity contribution in [3.63, 3.8) is 0 Å². The molecule has 1 aliphatic carbocycles. The summed E-state index contributed by atoms with van der Waals surface area (Å²) in [5.41, 5.74) is 4.77. The lowest BCUT2D eigenvalue weighted by Crippen LogP contribution is -2.41. The standard InChI is InChI=1S/C28H36O4/c1-18-14-22(8-10-24(18)31-7)28(13-12-27(5,6)20(3)17-28)23-9-11-25(19(2)15-23)32-26(30)16-21(4)29/h8-11,14-15,20H,12-13,16-17H2,1-7H3. The molecule has 0 aliphatic heterocycles. The molecule has 1 saturated carbocycles. The summed E-state index contributed by atoms with van der Waals surface area (Å²) in [6.45, 7) is 12.5. The quantitative estimate of drug-likeness (QED) is 0.302. The van der Waals surface area contributed by atoms with Crippen LogP contribution in [0.4, 0.5) is 0 Å². The van der Waals surface area contributed by atoms with E-state index in [0.29, 0.717) is 17.1 Å². The van der Waals surface area contributed by atoms with E-state index in [-0.39, 0.29) is 17.6 Å². The fraction of sp³-hybridized carbons (Fsp3) is 0.500. The van der Waals surface area contributed by atoms with E-state index in [1.54, 1.807) is 7.11 Å². The largest absolute Gasteiger partial charge is 0.496 e. The van der Waals surface area contributed by atoms with Crippen LogP contribution in [-0.2, 0) is 15.0 Å². The molecule has 1 fully saturated rings. The highest BCUT2D eigenvalue weighted by Gasteiger charge is 2.45. The Bertz CT molecular complexity index is 1020. The summed E-state index contributed by atoms with van der Waals surface area (Å²) in [6, 6.07) is 12.7. The van der Waals surface area contributed by atoms with Crippen molar-refractivity contribution in [3.05, 3.63) is 58.7 Å². The minimum atomic E-state index is -0.512. The van der Waals surface area contributed by atoms with Crippen molar-refractivity contribution in [2.75, 3.05) is 7.11 Å². The smallest absolute Gasteiger partial charge is 0.318 e. The number of ketones is 1. The Labute approximate surface area is 192 Å². The van der Waals surface area contributed by atoms with Gasteiger partial charge in [-0.3, -0.25) is 9.59 Å². The highest BCUT2D eigenvalue weighted by molar-refractivity contribution is 5.95. The van der Waals surface area contributed by atoms with Gasteiger partial charge in [0.15, 0.2) is 0 Å². The minimum absolute atomic E-state index is 0.112. The van der Waals surface area contributed by atoms with Crippen LogP contribution in [0.15, 0.2) is 36.4 Å². The second-order valence-electron chi connectivity index (χ2n) is 10.2. The first kappa shape index (κ1) is 24.0. The number of carbonyl (C=O) groups is 2. The van der Waals surface area contributed by atoms with E-state index in [1.807, 2.05) is 13.0 Å². The monoisotopic (exact) mass is 436 g/mol. The number of ether oxygens (including phenoxy) is 2. The third-order valence-electron chi connectivity index (χ3n) is 7.48. The predicted molar refractivity (Wildman–Crippen MR) is 127 cm³/mol. The minimum Gasteiger partial charge on any atom is -0.496 e. The zero-order valence-electron chi connectivity index (χ0n) is 20.5. The van der Waals surface area contributed by atoms with Gasteiger partial charge in [0, 0.05) is 5.41 Å². The summed E-state index contributed by atoms with van der Waals surface area (Å²) in [6.07, 6.45) is 3.03. The van der Waals surface area contributed by atoms with Crippen molar-refractivity contribution in [1.29, 1.82) is 0 Å². The normalized spacial score (nSPS) is 22.3. The molecule has 172 valence electrons. The van der Waals surface area contributed by atoms with E-state index < -0.39 is 5.97 Å². The maximum absolute atomic E-state index is 12.0. The van der Waals surface area contributed by atoms with Crippen molar-refractivity contribution in [2.45, 2.75) is 72.6 Å². The van der Waals surface area contributed by atoms with Crippen molar-refractivity contribution >= 4 is 11.8 Å². The second-order valence-corrected chi connectivity index (χ2v) is 10.2. The number of carbonyl (C=O) groups excluding carboxylic acids is 2. The number of rotatable bonds is 6. The Hall–Kier alpha value is -2.62. The maximum Gasteiger partial charge on any atom is 0.318 e. The summed E-state index contributed by atoms with van der Waals surface area (Å²) < 4.78 is 11.0. The average Bonchev–Trinajstić information content (AvgIpc) is 2.71. The van der Waals surface area contributed by atoms with E-state index in [1.165, 1.54) is 18.1 Å². The SMILES string of the molecule is COc1ccc(C2(c3ccc(OC(=O)CC(C)=O)c(C)c3)CCC(C)(C)C(C)C2)cc1C. The molecule has 0 saturated heterocycles. The molecule has 0 heterocycles. The molecule has 0 N–H and O–H groups in total. The van der Waals surface area contributed by atoms with Crippen LogP contribution < -0.4 is 9.47 Å². The summed E-state index contributed by atoms with van der Waals surface area (Å²) >= 11 is 0. The molecular formula is C28H36O4. The Balaban J connectivity index is 2.05. The molecule has 0 aromatic heterocycles. The molecule has 2 unspecified atom stereocenters. The van der Waals surface area contributed by atoms with Gasteiger partial charge in [0.05, 0.1) is 7.11 Å². The lowest BCUT2D eigenvalue weighted by molar-refractivity contribution is -0.137. The molecule has 4 nitrogen and oxygen atoms in total. The Morgan fingerprint density at radius 1 is 0.969 bits per heavy atom. The number of methoxy groups -OCH3 is 1. The zero-order valence-corrected chi connectivity index (χ0v) is 20.5. The van der Waals surface area contributed by atoms with E-state index in [4.69, 9.17) is 9.47 Å². The highest BCUT2D eigenvalue weighted by Crippen LogP contribution is 2.53. The molecule has 32 heavy (non-hydrogen) atoms. The van der Waals surface area contributed by atoms with Crippen molar-refractivity contribution in [2.24, 2.45) is 11.3 Å². The van der Waals surface area contributed by atoms with Crippen LogP contribution in [0.2, 0.25) is 0 Å². The molecular weight excluding hydrogens is 400 g/mol. The van der Waals surface area contributed by atoms with Crippen LogP contribution in [0.1, 0.15) is 75.6 Å². The van der Waals surface area contributed by atoms with Crippen LogP contribution in [0.3, 0.4) is 0 Å². The van der Waals surface area contributed by atoms with Gasteiger partial charge in [-0.05, 0) is 85.8 Å². The number of hydrogen-bond donors (Lipinski definition) is 0. The van der Waals surface area contributed by atoms with Gasteiger partial charge >= 0.3 is 5.97 Å². The Morgan fingerprint density at radius 3 is 2.00 bits per heavy atom. The van der Waals surface area contributed by atoms with E-state index in [2.05, 4.69) is 58.0 Å². The fourth-order valence-electron chi connectivity index (χ4n) is 4.97. The van der Waals surface area contributed by atoms with Crippen LogP contribution >= 0.6 is 0 Å². The molecule has 1 aliphatic rings. The van der Waals surface area contributed by atoms with Gasteiger partial charge < -0.3 is 9.47 Å². The zero-order chi connectivity index (χ0) is 23.7. The lowest BCUT2D eigenvalue weighted by atomic mass is 9.55. The number of esters is 1. The van der Waals surface area contributed by atoms with Gasteiger partial charge in [0.2, 0.25) is 0 Å². The van der Waals surface area contributed by atoms with Gasteiger partial charge in [0.1, 0.15) is 23.7 Å². The Morgan fingerprint density at radius 2 is 1.53 bits per heavy atom. The molecule has 2 aromatic rings. The van der Waals surface area contributed by atoms with Crippen LogP contribution in [0.5, 0.6) is 11.5 Å². The molecule has 2 atom stereocenters. The average molecular weight is 437 g/mol. The molecule has 0 amide bonds. The van der Waals surface area contributed by atoms with Crippen LogP contribution in [0, 0.1) is 25.2 Å². The molecule has 0 radical (unpaired) electrons. The third kappa shape index (κ3) is 4.74. The van der Waals surface area contributed by atoms with Gasteiger partial charge in [0.25, 0.3) is 0 Å². The third-order valence-corrected chi connectivity index (χ3v) is 7.48. The fourth-order valence-corrected chi connectivity index (χ4v) is 4.97. The summed E-state index contributed by atoms with van der Waals surface area (Å²) in [4.78, 5) is 23.2.